The van der Waals surface area contributed by atoms with Gasteiger partial charge in [0.25, 0.3) is 0 Å². The van der Waals surface area contributed by atoms with Crippen LogP contribution in [-0.2, 0) is 4.74 Å². The summed E-state index contributed by atoms with van der Waals surface area (Å²) in [6, 6.07) is 0.527. The first-order valence-electron chi connectivity index (χ1n) is 5.46. The summed E-state index contributed by atoms with van der Waals surface area (Å²) in [6.45, 7) is 5.87. The van der Waals surface area contributed by atoms with Crippen molar-refractivity contribution in [2.75, 3.05) is 31.6 Å². The van der Waals surface area contributed by atoms with Crippen LogP contribution in [0.1, 0.15) is 13.3 Å². The van der Waals surface area contributed by atoms with Gasteiger partial charge in [-0.3, -0.25) is 4.99 Å². The molecule has 0 aromatic carbocycles. The second-order valence-electron chi connectivity index (χ2n) is 3.85. The number of hydrogen-bond acceptors (Lipinski definition) is 4. The molecule has 2 atom stereocenters. The van der Waals surface area contributed by atoms with Crippen molar-refractivity contribution in [3.05, 3.63) is 0 Å². The van der Waals surface area contributed by atoms with Gasteiger partial charge in [-0.1, -0.05) is 34.6 Å². The van der Waals surface area contributed by atoms with Crippen LogP contribution in [0.4, 0.5) is 0 Å². The Kier molecular flexibility index (Phi) is 4.34. The number of amidine groups is 1. The Bertz CT molecular complexity index is 250. The van der Waals surface area contributed by atoms with Gasteiger partial charge in [-0.05, 0) is 6.42 Å². The van der Waals surface area contributed by atoms with Crippen LogP contribution in [0.5, 0.6) is 0 Å². The molecule has 2 heterocycles. The number of nitrogens with zero attached hydrogens (tertiary/aromatic N) is 2. The molecule has 0 saturated carbocycles. The Morgan fingerprint density at radius 2 is 2.53 bits per heavy atom. The maximum absolute atomic E-state index is 5.50. The second kappa shape index (κ2) is 5.55. The molecular weight excluding hydrogens is 276 g/mol. The zero-order chi connectivity index (χ0) is 10.7. The number of halogens is 1. The number of aliphatic imine (C=N–C) groups is 1. The van der Waals surface area contributed by atoms with Gasteiger partial charge in [-0.25, -0.2) is 0 Å². The first kappa shape index (κ1) is 11.7. The molecule has 0 N–H and O–H groups in total. The van der Waals surface area contributed by atoms with Crippen LogP contribution >= 0.6 is 27.7 Å². The van der Waals surface area contributed by atoms with Crippen LogP contribution in [0.3, 0.4) is 0 Å². The lowest BCUT2D eigenvalue weighted by molar-refractivity contribution is 0.0267. The monoisotopic (exact) mass is 292 g/mol. The molecule has 15 heavy (non-hydrogen) atoms. The molecular formula is C10H17BrN2OS. The lowest BCUT2D eigenvalue weighted by Gasteiger charge is -2.36. The summed E-state index contributed by atoms with van der Waals surface area (Å²) < 4.78 is 5.50. The van der Waals surface area contributed by atoms with E-state index in [9.17, 15) is 0 Å². The van der Waals surface area contributed by atoms with E-state index in [0.29, 0.717) is 11.3 Å². The molecule has 2 unspecified atom stereocenters. The minimum absolute atomic E-state index is 0.527. The lowest BCUT2D eigenvalue weighted by atomic mass is 10.2. The third-order valence-electron chi connectivity index (χ3n) is 2.82. The van der Waals surface area contributed by atoms with Gasteiger partial charge in [-0.2, -0.15) is 0 Å². The molecule has 5 heteroatoms. The molecule has 0 aromatic heterocycles. The average Bonchev–Trinajstić information content (AvgIpc) is 2.77. The largest absolute Gasteiger partial charge is 0.377 e. The smallest absolute Gasteiger partial charge is 0.160 e. The van der Waals surface area contributed by atoms with Crippen LogP contribution in [0.15, 0.2) is 4.99 Å². The highest BCUT2D eigenvalue weighted by Gasteiger charge is 2.29. The molecule has 1 saturated heterocycles. The number of hydrogen-bond donors (Lipinski definition) is 0. The molecule has 86 valence electrons. The SMILES string of the molecule is CCC1COCCN1C1=NCC(CBr)S1. The number of rotatable bonds is 2. The van der Waals surface area contributed by atoms with Crippen LogP contribution in [0, 0.1) is 0 Å². The summed E-state index contributed by atoms with van der Waals surface area (Å²) >= 11 is 5.43. The van der Waals surface area contributed by atoms with Crippen molar-refractivity contribution in [3.63, 3.8) is 0 Å². The predicted molar refractivity (Wildman–Crippen MR) is 69.1 cm³/mol. The minimum Gasteiger partial charge on any atom is -0.377 e. The Morgan fingerprint density at radius 1 is 1.67 bits per heavy atom. The van der Waals surface area contributed by atoms with E-state index in [1.165, 1.54) is 5.17 Å². The molecule has 0 radical (unpaired) electrons. The van der Waals surface area contributed by atoms with Gasteiger partial charge in [-0.15, -0.1) is 0 Å². The van der Waals surface area contributed by atoms with E-state index in [-0.39, 0.29) is 0 Å². The number of thioether (sulfide) groups is 1. The van der Waals surface area contributed by atoms with Crippen LogP contribution in [0.25, 0.3) is 0 Å². The maximum Gasteiger partial charge on any atom is 0.160 e. The van der Waals surface area contributed by atoms with E-state index in [2.05, 4.69) is 32.7 Å². The summed E-state index contributed by atoms with van der Waals surface area (Å²) in [6.07, 6.45) is 1.14. The second-order valence-corrected chi connectivity index (χ2v) is 5.76. The standard InChI is InChI=1S/C10H17BrN2OS/c1-2-8-7-14-4-3-13(8)10-12-6-9(5-11)15-10/h8-9H,2-7H2,1H3. The lowest BCUT2D eigenvalue weighted by Crippen LogP contribution is -2.47. The normalized spacial score (nSPS) is 31.9. The van der Waals surface area contributed by atoms with Crippen LogP contribution < -0.4 is 0 Å². The molecule has 0 amide bonds. The Morgan fingerprint density at radius 3 is 3.20 bits per heavy atom. The topological polar surface area (TPSA) is 24.8 Å². The summed E-state index contributed by atoms with van der Waals surface area (Å²) in [4.78, 5) is 7.06. The van der Waals surface area contributed by atoms with Gasteiger partial charge < -0.3 is 9.64 Å². The number of ether oxygens (including phenoxy) is 1. The Balaban J connectivity index is 1.96. The molecule has 0 bridgehead atoms. The summed E-state index contributed by atoms with van der Waals surface area (Å²) in [5.74, 6) is 0. The van der Waals surface area contributed by atoms with Crippen molar-refractivity contribution < 1.29 is 4.74 Å². The number of morpholine rings is 1. The predicted octanol–water partition coefficient (Wildman–Crippen LogP) is 1.96. The zero-order valence-electron chi connectivity index (χ0n) is 8.99. The first-order valence-corrected chi connectivity index (χ1v) is 7.46. The average molecular weight is 293 g/mol. The van der Waals surface area contributed by atoms with Gasteiger partial charge >= 0.3 is 0 Å². The van der Waals surface area contributed by atoms with E-state index in [1.807, 2.05) is 11.8 Å². The van der Waals surface area contributed by atoms with Crippen molar-refractivity contribution in [3.8, 4) is 0 Å². The van der Waals surface area contributed by atoms with Crippen molar-refractivity contribution in [2.24, 2.45) is 4.99 Å². The maximum atomic E-state index is 5.50. The van der Waals surface area contributed by atoms with E-state index >= 15 is 0 Å². The summed E-state index contributed by atoms with van der Waals surface area (Å²) in [5, 5.41) is 2.89. The highest BCUT2D eigenvalue weighted by molar-refractivity contribution is 9.09. The fraction of sp³-hybridized carbons (Fsp3) is 0.900. The molecule has 0 spiro atoms. The van der Waals surface area contributed by atoms with Crippen molar-refractivity contribution in [1.29, 1.82) is 0 Å². The molecule has 1 fully saturated rings. The number of alkyl halides is 1. The molecule has 0 aromatic rings. The molecule has 0 aliphatic carbocycles. The minimum atomic E-state index is 0.527. The molecule has 2 aliphatic heterocycles. The van der Waals surface area contributed by atoms with Crippen molar-refractivity contribution >= 4 is 32.9 Å². The van der Waals surface area contributed by atoms with Crippen LogP contribution in [-0.4, -0.2) is 53.0 Å². The summed E-state index contributed by atoms with van der Waals surface area (Å²) in [5.41, 5.74) is 0. The fourth-order valence-electron chi connectivity index (χ4n) is 1.89. The Labute approximate surface area is 104 Å². The first-order chi connectivity index (χ1) is 7.35. The van der Waals surface area contributed by atoms with Gasteiger partial charge in [0.2, 0.25) is 0 Å². The highest BCUT2D eigenvalue weighted by Crippen LogP contribution is 2.27. The van der Waals surface area contributed by atoms with Gasteiger partial charge in [0, 0.05) is 17.1 Å². The van der Waals surface area contributed by atoms with Crippen LogP contribution in [0.2, 0.25) is 0 Å². The van der Waals surface area contributed by atoms with E-state index in [0.717, 1.165) is 38.1 Å². The van der Waals surface area contributed by atoms with E-state index in [1.54, 1.807) is 0 Å². The third-order valence-corrected chi connectivity index (χ3v) is 5.25. The van der Waals surface area contributed by atoms with Gasteiger partial charge in [0.1, 0.15) is 0 Å². The van der Waals surface area contributed by atoms with Crippen molar-refractivity contribution in [1.82, 2.24) is 4.90 Å². The summed E-state index contributed by atoms with van der Waals surface area (Å²) in [7, 11) is 0. The third kappa shape index (κ3) is 2.68. The molecule has 2 rings (SSSR count). The van der Waals surface area contributed by atoms with Gasteiger partial charge in [0.05, 0.1) is 25.8 Å². The zero-order valence-corrected chi connectivity index (χ0v) is 11.4. The van der Waals surface area contributed by atoms with E-state index in [4.69, 9.17) is 4.74 Å². The molecule has 2 aliphatic rings. The highest BCUT2D eigenvalue weighted by atomic mass is 79.9. The fourth-order valence-corrected chi connectivity index (χ4v) is 3.52. The van der Waals surface area contributed by atoms with E-state index < -0.39 is 0 Å². The van der Waals surface area contributed by atoms with Crippen molar-refractivity contribution in [2.45, 2.75) is 24.6 Å². The van der Waals surface area contributed by atoms with Gasteiger partial charge in [0.15, 0.2) is 5.17 Å². The molecule has 3 nitrogen and oxygen atoms in total. The quantitative estimate of drug-likeness (QED) is 0.728. The Hall–Kier alpha value is 0.260.